The van der Waals surface area contributed by atoms with Gasteiger partial charge in [0.05, 0.1) is 18.3 Å². The molecule has 2 amide bonds. The zero-order valence-corrected chi connectivity index (χ0v) is 11.4. The Kier molecular flexibility index (Phi) is 4.97. The summed E-state index contributed by atoms with van der Waals surface area (Å²) in [7, 11) is 0. The fourth-order valence-corrected chi connectivity index (χ4v) is 1.84. The number of aliphatic hydroxyl groups is 1. The summed E-state index contributed by atoms with van der Waals surface area (Å²) in [5, 5.41) is 22.2. The maximum absolute atomic E-state index is 11.5. The summed E-state index contributed by atoms with van der Waals surface area (Å²) in [6, 6.07) is 8.29. The number of amides is 2. The van der Waals surface area contributed by atoms with E-state index in [0.717, 1.165) is 5.69 Å². The average Bonchev–Trinajstić information content (AvgIpc) is 2.95. The molecule has 0 radical (unpaired) electrons. The van der Waals surface area contributed by atoms with Gasteiger partial charge in [0.1, 0.15) is 0 Å². The first-order valence-corrected chi connectivity index (χ1v) is 6.46. The number of aliphatic hydroxyl groups excluding tert-OH is 1. The fraction of sp³-hybridized carbons (Fsp3) is 0.231. The van der Waals surface area contributed by atoms with Gasteiger partial charge in [0.15, 0.2) is 0 Å². The van der Waals surface area contributed by atoms with Crippen LogP contribution in [0.15, 0.2) is 36.5 Å². The number of halogens is 1. The predicted octanol–water partition coefficient (Wildman–Crippen LogP) is 1.60. The third kappa shape index (κ3) is 4.25. The van der Waals surface area contributed by atoms with Gasteiger partial charge in [-0.15, -0.1) is 0 Å². The minimum absolute atomic E-state index is 0.106. The Bertz CT molecular complexity index is 559. The molecule has 0 fully saturated rings. The summed E-state index contributed by atoms with van der Waals surface area (Å²) in [6.45, 7) is 0.453. The maximum atomic E-state index is 11.5. The highest BCUT2D eigenvalue weighted by Gasteiger charge is 2.09. The number of aromatic amines is 1. The zero-order valence-electron chi connectivity index (χ0n) is 10.6. The molecule has 0 saturated heterocycles. The smallest absolute Gasteiger partial charge is 0.315 e. The molecule has 1 aromatic carbocycles. The van der Waals surface area contributed by atoms with Gasteiger partial charge in [-0.1, -0.05) is 23.7 Å². The predicted molar refractivity (Wildman–Crippen MR) is 75.2 cm³/mol. The SMILES string of the molecule is O=C(NCc1ccn[nH]1)NC[C@@H](O)c1cccc(Cl)c1. The zero-order chi connectivity index (χ0) is 14.4. The van der Waals surface area contributed by atoms with Gasteiger partial charge in [-0.3, -0.25) is 5.10 Å². The van der Waals surface area contributed by atoms with E-state index in [1.807, 2.05) is 0 Å². The van der Waals surface area contributed by atoms with Crippen LogP contribution in [0.3, 0.4) is 0 Å². The Morgan fingerprint density at radius 2 is 2.25 bits per heavy atom. The van der Waals surface area contributed by atoms with Crippen LogP contribution in [-0.2, 0) is 6.54 Å². The number of urea groups is 1. The van der Waals surface area contributed by atoms with Crippen molar-refractivity contribution < 1.29 is 9.90 Å². The molecule has 0 aliphatic carbocycles. The summed E-state index contributed by atoms with van der Waals surface area (Å²) in [5.74, 6) is 0. The third-order valence-corrected chi connectivity index (χ3v) is 2.92. The van der Waals surface area contributed by atoms with Crippen molar-refractivity contribution in [3.63, 3.8) is 0 Å². The summed E-state index contributed by atoms with van der Waals surface area (Å²) >= 11 is 5.84. The molecule has 1 atom stereocenters. The van der Waals surface area contributed by atoms with Crippen molar-refractivity contribution in [3.05, 3.63) is 52.8 Å². The third-order valence-electron chi connectivity index (χ3n) is 2.69. The van der Waals surface area contributed by atoms with E-state index < -0.39 is 6.10 Å². The molecule has 106 valence electrons. The second-order valence-electron chi connectivity index (χ2n) is 4.22. The van der Waals surface area contributed by atoms with Crippen LogP contribution in [0.2, 0.25) is 5.02 Å². The van der Waals surface area contributed by atoms with E-state index in [2.05, 4.69) is 20.8 Å². The normalized spacial score (nSPS) is 11.9. The molecule has 0 spiro atoms. The van der Waals surface area contributed by atoms with Gasteiger partial charge < -0.3 is 15.7 Å². The molecule has 4 N–H and O–H groups in total. The molecule has 6 nitrogen and oxygen atoms in total. The topological polar surface area (TPSA) is 90.0 Å². The van der Waals surface area contributed by atoms with Crippen LogP contribution < -0.4 is 10.6 Å². The molecule has 0 saturated carbocycles. The highest BCUT2D eigenvalue weighted by atomic mass is 35.5. The molecular formula is C13H15ClN4O2. The molecule has 2 aromatic rings. The van der Waals surface area contributed by atoms with Crippen LogP contribution in [0.25, 0.3) is 0 Å². The number of hydrogen-bond donors (Lipinski definition) is 4. The van der Waals surface area contributed by atoms with Gasteiger partial charge in [0.2, 0.25) is 0 Å². The van der Waals surface area contributed by atoms with Crippen molar-refractivity contribution in [3.8, 4) is 0 Å². The first kappa shape index (κ1) is 14.4. The number of aromatic nitrogens is 2. The monoisotopic (exact) mass is 294 g/mol. The molecule has 1 aromatic heterocycles. The van der Waals surface area contributed by atoms with Crippen molar-refractivity contribution in [2.24, 2.45) is 0 Å². The Balaban J connectivity index is 1.75. The van der Waals surface area contributed by atoms with Gasteiger partial charge in [0, 0.05) is 17.8 Å². The number of carbonyl (C=O) groups excluding carboxylic acids is 1. The van der Waals surface area contributed by atoms with Crippen LogP contribution in [0.1, 0.15) is 17.4 Å². The quantitative estimate of drug-likeness (QED) is 0.675. The number of benzene rings is 1. The number of nitrogens with zero attached hydrogens (tertiary/aromatic N) is 1. The molecular weight excluding hydrogens is 280 g/mol. The van der Waals surface area contributed by atoms with E-state index in [-0.39, 0.29) is 12.6 Å². The van der Waals surface area contributed by atoms with Crippen molar-refractivity contribution in [1.82, 2.24) is 20.8 Å². The molecule has 7 heteroatoms. The van der Waals surface area contributed by atoms with Gasteiger partial charge in [-0.2, -0.15) is 5.10 Å². The highest BCUT2D eigenvalue weighted by molar-refractivity contribution is 6.30. The van der Waals surface area contributed by atoms with Crippen LogP contribution in [-0.4, -0.2) is 27.9 Å². The van der Waals surface area contributed by atoms with Gasteiger partial charge in [0.25, 0.3) is 0 Å². The molecule has 0 unspecified atom stereocenters. The van der Waals surface area contributed by atoms with E-state index in [1.54, 1.807) is 36.5 Å². The average molecular weight is 295 g/mol. The number of rotatable bonds is 5. The molecule has 1 heterocycles. The van der Waals surface area contributed by atoms with Crippen LogP contribution in [0, 0.1) is 0 Å². The summed E-state index contributed by atoms with van der Waals surface area (Å²) < 4.78 is 0. The van der Waals surface area contributed by atoms with Gasteiger partial charge in [-0.05, 0) is 23.8 Å². The van der Waals surface area contributed by atoms with E-state index in [9.17, 15) is 9.90 Å². The van der Waals surface area contributed by atoms with Crippen molar-refractivity contribution >= 4 is 17.6 Å². The minimum Gasteiger partial charge on any atom is -0.387 e. The molecule has 0 aliphatic heterocycles. The van der Waals surface area contributed by atoms with Crippen molar-refractivity contribution in [2.75, 3.05) is 6.54 Å². The molecule has 0 bridgehead atoms. The Morgan fingerprint density at radius 1 is 1.40 bits per heavy atom. The lowest BCUT2D eigenvalue weighted by Crippen LogP contribution is -2.37. The lowest BCUT2D eigenvalue weighted by atomic mass is 10.1. The van der Waals surface area contributed by atoms with Crippen molar-refractivity contribution in [1.29, 1.82) is 0 Å². The number of H-pyrrole nitrogens is 1. The Hall–Kier alpha value is -2.05. The first-order valence-electron chi connectivity index (χ1n) is 6.08. The first-order chi connectivity index (χ1) is 9.65. The second-order valence-corrected chi connectivity index (χ2v) is 4.65. The second kappa shape index (κ2) is 6.93. The van der Waals surface area contributed by atoms with Crippen LogP contribution in [0.5, 0.6) is 0 Å². The highest BCUT2D eigenvalue weighted by Crippen LogP contribution is 2.16. The maximum Gasteiger partial charge on any atom is 0.315 e. The lowest BCUT2D eigenvalue weighted by molar-refractivity contribution is 0.173. The summed E-state index contributed by atoms with van der Waals surface area (Å²) in [4.78, 5) is 11.5. The Morgan fingerprint density at radius 3 is 2.95 bits per heavy atom. The Labute approximate surface area is 121 Å². The standard InChI is InChI=1S/C13H15ClN4O2/c14-10-3-1-2-9(6-10)12(19)8-16-13(20)15-7-11-4-5-17-18-11/h1-6,12,19H,7-8H2,(H,17,18)(H2,15,16,20)/t12-/m1/s1. The van der Waals surface area contributed by atoms with E-state index in [1.165, 1.54) is 0 Å². The number of nitrogens with one attached hydrogen (secondary N) is 3. The summed E-state index contributed by atoms with van der Waals surface area (Å²) in [6.07, 6.45) is 0.810. The largest absolute Gasteiger partial charge is 0.387 e. The van der Waals surface area contributed by atoms with Crippen LogP contribution >= 0.6 is 11.6 Å². The molecule has 0 aliphatic rings. The number of hydrogen-bond acceptors (Lipinski definition) is 3. The van der Waals surface area contributed by atoms with Crippen molar-refractivity contribution in [2.45, 2.75) is 12.6 Å². The number of carbonyl (C=O) groups is 1. The molecule has 2 rings (SSSR count). The lowest BCUT2D eigenvalue weighted by Gasteiger charge is -2.13. The van der Waals surface area contributed by atoms with E-state index in [4.69, 9.17) is 11.6 Å². The minimum atomic E-state index is -0.799. The van der Waals surface area contributed by atoms with E-state index in [0.29, 0.717) is 17.1 Å². The molecule has 20 heavy (non-hydrogen) atoms. The fourth-order valence-electron chi connectivity index (χ4n) is 1.64. The van der Waals surface area contributed by atoms with Crippen LogP contribution in [0.4, 0.5) is 4.79 Å². The summed E-state index contributed by atoms with van der Waals surface area (Å²) in [5.41, 5.74) is 1.46. The van der Waals surface area contributed by atoms with Gasteiger partial charge in [-0.25, -0.2) is 4.79 Å². The van der Waals surface area contributed by atoms with Gasteiger partial charge >= 0.3 is 6.03 Å². The van der Waals surface area contributed by atoms with E-state index >= 15 is 0 Å².